The van der Waals surface area contributed by atoms with Crippen molar-refractivity contribution in [2.75, 3.05) is 6.54 Å². The molecule has 2 aromatic rings. The normalized spacial score (nSPS) is 14.1. The minimum absolute atomic E-state index is 0.0536. The molecule has 40 heavy (non-hydrogen) atoms. The molecule has 1 saturated carbocycles. The summed E-state index contributed by atoms with van der Waals surface area (Å²) in [5, 5.41) is 0. The number of nitrogens with one attached hydrogen (secondary N) is 1. The van der Waals surface area contributed by atoms with Crippen LogP contribution in [-0.2, 0) is 17.8 Å². The van der Waals surface area contributed by atoms with E-state index in [-0.39, 0.29) is 30.7 Å². The predicted octanol–water partition coefficient (Wildman–Crippen LogP) is 4.78. The number of carbonyl (C=O) groups excluding carboxylic acids is 1. The number of hydrogen-bond donors (Lipinski definition) is 1. The van der Waals surface area contributed by atoms with Crippen LogP contribution in [0.5, 0.6) is 5.75 Å². The zero-order chi connectivity index (χ0) is 28.2. The number of hydrogen-bond acceptors (Lipinski definition) is 7. The molecule has 10 heteroatoms. The van der Waals surface area contributed by atoms with Crippen LogP contribution >= 0.6 is 0 Å². The average molecular weight is 544 g/mol. The highest BCUT2D eigenvalue weighted by Crippen LogP contribution is 2.31. The molecule has 2 heterocycles. The molecule has 0 radical (unpaired) electrons. The van der Waals surface area contributed by atoms with Gasteiger partial charge in [0.1, 0.15) is 11.5 Å². The fourth-order valence-electron chi connectivity index (χ4n) is 4.99. The Bertz CT molecular complexity index is 1640. The SMILES string of the molecule is C/C=C(\C)OC(=O)N(CCn1c2nc(=O)[nH]c(=O)c-2nc2cc(C)c(OC3CCCC3)cc21)Cc1ccccc1. The monoisotopic (exact) mass is 543 g/mol. The number of nitrogens with zero attached hydrogens (tertiary/aromatic N) is 4. The molecule has 0 spiro atoms. The van der Waals surface area contributed by atoms with Crippen molar-refractivity contribution in [2.24, 2.45) is 0 Å². The van der Waals surface area contributed by atoms with Crippen molar-refractivity contribution in [3.05, 3.63) is 86.3 Å². The van der Waals surface area contributed by atoms with Crippen LogP contribution in [0.4, 0.5) is 4.79 Å². The topological polar surface area (TPSA) is 119 Å². The second-order valence-corrected chi connectivity index (χ2v) is 10.1. The third-order valence-electron chi connectivity index (χ3n) is 7.22. The Morgan fingerprint density at radius 3 is 2.62 bits per heavy atom. The van der Waals surface area contributed by atoms with Gasteiger partial charge in [0.25, 0.3) is 5.56 Å². The molecular weight excluding hydrogens is 510 g/mol. The van der Waals surface area contributed by atoms with Crippen molar-refractivity contribution < 1.29 is 14.3 Å². The van der Waals surface area contributed by atoms with Crippen LogP contribution in [0.2, 0.25) is 0 Å². The van der Waals surface area contributed by atoms with E-state index in [1.54, 1.807) is 29.4 Å². The summed E-state index contributed by atoms with van der Waals surface area (Å²) in [7, 11) is 0. The first-order valence-corrected chi connectivity index (χ1v) is 13.6. The lowest BCUT2D eigenvalue weighted by Gasteiger charge is -2.25. The van der Waals surface area contributed by atoms with Crippen LogP contribution in [0.3, 0.4) is 0 Å². The molecule has 10 nitrogen and oxygen atoms in total. The lowest BCUT2D eigenvalue weighted by Crippen LogP contribution is -2.35. The Hall–Kier alpha value is -4.47. The number of amides is 1. The van der Waals surface area contributed by atoms with Crippen molar-refractivity contribution >= 4 is 17.1 Å². The number of aromatic nitrogens is 4. The van der Waals surface area contributed by atoms with Gasteiger partial charge in [-0.3, -0.25) is 9.78 Å². The molecule has 2 aliphatic heterocycles. The van der Waals surface area contributed by atoms with E-state index in [1.807, 2.05) is 49.4 Å². The van der Waals surface area contributed by atoms with E-state index in [0.29, 0.717) is 23.3 Å². The molecule has 0 aromatic heterocycles. The summed E-state index contributed by atoms with van der Waals surface area (Å²) in [5.74, 6) is 1.37. The second-order valence-electron chi connectivity index (χ2n) is 10.1. The lowest BCUT2D eigenvalue weighted by molar-refractivity contribution is 0.124. The predicted molar refractivity (Wildman–Crippen MR) is 151 cm³/mol. The number of H-pyrrole nitrogens is 1. The van der Waals surface area contributed by atoms with Gasteiger partial charge in [-0.2, -0.15) is 4.98 Å². The first-order chi connectivity index (χ1) is 19.3. The highest BCUT2D eigenvalue weighted by atomic mass is 16.6. The highest BCUT2D eigenvalue weighted by molar-refractivity contribution is 5.82. The lowest BCUT2D eigenvalue weighted by atomic mass is 10.1. The van der Waals surface area contributed by atoms with Crippen LogP contribution in [0.25, 0.3) is 22.6 Å². The summed E-state index contributed by atoms with van der Waals surface area (Å²) in [6.45, 7) is 6.23. The van der Waals surface area contributed by atoms with Crippen LogP contribution in [0.1, 0.15) is 50.7 Å². The molecule has 0 saturated heterocycles. The van der Waals surface area contributed by atoms with Gasteiger partial charge < -0.3 is 18.9 Å². The van der Waals surface area contributed by atoms with Crippen LogP contribution in [0.15, 0.2) is 63.9 Å². The van der Waals surface area contributed by atoms with Gasteiger partial charge in [0.2, 0.25) is 0 Å². The van der Waals surface area contributed by atoms with E-state index in [1.165, 1.54) is 0 Å². The smallest absolute Gasteiger partial charge is 0.415 e. The molecule has 2 aromatic carbocycles. The van der Waals surface area contributed by atoms with Crippen LogP contribution in [0, 0.1) is 6.92 Å². The first kappa shape index (κ1) is 27.1. The molecule has 0 bridgehead atoms. The molecule has 1 N–H and O–H groups in total. The van der Waals surface area contributed by atoms with Gasteiger partial charge in [-0.25, -0.2) is 14.6 Å². The number of rotatable bonds is 8. The number of ether oxygens (including phenoxy) is 2. The van der Waals surface area contributed by atoms with E-state index >= 15 is 0 Å². The van der Waals surface area contributed by atoms with Gasteiger partial charge in [0, 0.05) is 25.7 Å². The van der Waals surface area contributed by atoms with Crippen LogP contribution < -0.4 is 16.0 Å². The summed E-state index contributed by atoms with van der Waals surface area (Å²) in [6.07, 6.45) is 5.66. The van der Waals surface area contributed by atoms with Gasteiger partial charge >= 0.3 is 11.8 Å². The molecule has 0 unspecified atom stereocenters. The summed E-state index contributed by atoms with van der Waals surface area (Å²) in [4.78, 5) is 50.6. The number of carbonyl (C=O) groups is 1. The number of aromatic amines is 1. The molecule has 1 fully saturated rings. The maximum atomic E-state index is 13.2. The number of aryl methyl sites for hydroxylation is 1. The largest absolute Gasteiger partial charge is 0.490 e. The third kappa shape index (κ3) is 5.90. The van der Waals surface area contributed by atoms with Gasteiger partial charge in [0.05, 0.1) is 17.1 Å². The first-order valence-electron chi connectivity index (χ1n) is 13.6. The van der Waals surface area contributed by atoms with Gasteiger partial charge in [-0.1, -0.05) is 30.3 Å². The number of benzene rings is 2. The Morgan fingerprint density at radius 1 is 1.15 bits per heavy atom. The summed E-state index contributed by atoms with van der Waals surface area (Å²) < 4.78 is 13.6. The van der Waals surface area contributed by atoms with Crippen molar-refractivity contribution in [3.8, 4) is 17.3 Å². The number of fused-ring (bicyclic) bond motifs is 2. The standard InChI is InChI=1S/C30H33N5O5/c1-4-20(3)39-30(38)34(18-21-10-6-5-7-11-21)14-15-35-24-17-25(40-22-12-8-9-13-22)19(2)16-23(24)31-26-27(35)32-29(37)33-28(26)36/h4-7,10-11,16-17,22H,8-9,12-15,18H2,1-3H3,(H,33,36,37)/b20-4+. The third-order valence-corrected chi connectivity index (χ3v) is 7.22. The number of allylic oxidation sites excluding steroid dienone is 2. The van der Waals surface area contributed by atoms with E-state index in [0.717, 1.165) is 42.6 Å². The fraction of sp³-hybridized carbons (Fsp3) is 0.367. The van der Waals surface area contributed by atoms with Crippen molar-refractivity contribution in [1.82, 2.24) is 24.4 Å². The maximum Gasteiger partial charge on any atom is 0.415 e. The molecule has 3 aliphatic rings. The Balaban J connectivity index is 1.57. The van der Waals surface area contributed by atoms with Gasteiger partial charge in [-0.15, -0.1) is 0 Å². The Kier molecular flexibility index (Phi) is 7.95. The molecule has 1 amide bonds. The average Bonchev–Trinajstić information content (AvgIpc) is 3.45. The van der Waals surface area contributed by atoms with E-state index in [2.05, 4.69) is 15.0 Å². The molecule has 208 valence electrons. The van der Waals surface area contributed by atoms with Crippen molar-refractivity contribution in [3.63, 3.8) is 0 Å². The molecule has 5 rings (SSSR count). The zero-order valence-electron chi connectivity index (χ0n) is 23.0. The fourth-order valence-corrected chi connectivity index (χ4v) is 4.99. The van der Waals surface area contributed by atoms with Crippen molar-refractivity contribution in [2.45, 2.75) is 65.6 Å². The summed E-state index contributed by atoms with van der Waals surface area (Å²) in [5.41, 5.74) is 1.74. The molecular formula is C30H33N5O5. The minimum Gasteiger partial charge on any atom is -0.490 e. The van der Waals surface area contributed by atoms with E-state index in [9.17, 15) is 14.4 Å². The Morgan fingerprint density at radius 2 is 1.90 bits per heavy atom. The van der Waals surface area contributed by atoms with Gasteiger partial charge in [0.15, 0.2) is 11.5 Å². The zero-order valence-corrected chi connectivity index (χ0v) is 23.0. The second kappa shape index (κ2) is 11.7. The van der Waals surface area contributed by atoms with Crippen LogP contribution in [-0.4, -0.2) is 43.2 Å². The van der Waals surface area contributed by atoms with Gasteiger partial charge in [-0.05, 0) is 69.7 Å². The molecule has 1 aliphatic carbocycles. The highest BCUT2D eigenvalue weighted by Gasteiger charge is 2.24. The molecule has 0 atom stereocenters. The van der Waals surface area contributed by atoms with E-state index in [4.69, 9.17) is 9.47 Å². The van der Waals surface area contributed by atoms with Crippen molar-refractivity contribution in [1.29, 1.82) is 0 Å². The maximum absolute atomic E-state index is 13.2. The van der Waals surface area contributed by atoms with E-state index < -0.39 is 17.3 Å². The minimum atomic E-state index is -0.758. The Labute approximate surface area is 231 Å². The summed E-state index contributed by atoms with van der Waals surface area (Å²) >= 11 is 0. The summed E-state index contributed by atoms with van der Waals surface area (Å²) in [6, 6.07) is 13.4. The quantitative estimate of drug-likeness (QED) is 0.251.